The van der Waals surface area contributed by atoms with Gasteiger partial charge in [0.1, 0.15) is 5.82 Å². The molecule has 2 atom stereocenters. The number of nitrogens with one attached hydrogen (secondary N) is 1. The van der Waals surface area contributed by atoms with Crippen LogP contribution >= 0.6 is 0 Å². The second-order valence-corrected chi connectivity index (χ2v) is 7.65. The summed E-state index contributed by atoms with van der Waals surface area (Å²) in [5.74, 6) is 2.00. The van der Waals surface area contributed by atoms with E-state index in [9.17, 15) is 9.90 Å². The number of hydrogen-bond acceptors (Lipinski definition) is 6. The van der Waals surface area contributed by atoms with Crippen molar-refractivity contribution in [2.75, 3.05) is 13.3 Å². The van der Waals surface area contributed by atoms with Crippen LogP contribution in [0.4, 0.5) is 0 Å². The standard InChI is InChI=1S/C21H19N5O4/c1-11(27)25-9-13(28)7-15(25)21-24-19(12-2-3-17-18(6-12)30-10-29-17)16-8-23-20-14(26(16)21)4-5-22-20/h2-6,8,13,15,22,28H,7,9-10H2,1H3/t13-,15-/m1/s1. The number of likely N-dealkylation sites (tertiary alicyclic amines) is 1. The van der Waals surface area contributed by atoms with Crippen LogP contribution in [-0.2, 0) is 4.79 Å². The van der Waals surface area contributed by atoms with Gasteiger partial charge < -0.3 is 24.5 Å². The lowest BCUT2D eigenvalue weighted by Gasteiger charge is -2.22. The highest BCUT2D eigenvalue weighted by atomic mass is 16.7. The summed E-state index contributed by atoms with van der Waals surface area (Å²) in [6.07, 6.45) is 3.46. The van der Waals surface area contributed by atoms with E-state index in [1.165, 1.54) is 6.92 Å². The van der Waals surface area contributed by atoms with Crippen LogP contribution in [0.1, 0.15) is 25.2 Å². The van der Waals surface area contributed by atoms with Gasteiger partial charge in [-0.25, -0.2) is 9.97 Å². The molecule has 2 aliphatic rings. The molecule has 2 N–H and O–H groups in total. The first-order valence-corrected chi connectivity index (χ1v) is 9.80. The van der Waals surface area contributed by atoms with Crippen LogP contribution in [0.2, 0.25) is 0 Å². The van der Waals surface area contributed by atoms with Crippen molar-refractivity contribution in [2.45, 2.75) is 25.5 Å². The summed E-state index contributed by atoms with van der Waals surface area (Å²) in [6.45, 7) is 2.02. The SMILES string of the molecule is CC(=O)N1C[C@H](O)C[C@@H]1c1nc(-c2ccc3c(c2)OCO3)c2cnc3[nH]ccc3n12. The Labute approximate surface area is 170 Å². The van der Waals surface area contributed by atoms with Crippen LogP contribution in [0, 0.1) is 0 Å². The van der Waals surface area contributed by atoms with Gasteiger partial charge in [-0.05, 0) is 24.3 Å². The fourth-order valence-electron chi connectivity index (χ4n) is 4.47. The summed E-state index contributed by atoms with van der Waals surface area (Å²) in [7, 11) is 0. The highest BCUT2D eigenvalue weighted by Crippen LogP contribution is 2.40. The zero-order valence-corrected chi connectivity index (χ0v) is 16.2. The smallest absolute Gasteiger partial charge is 0.231 e. The van der Waals surface area contributed by atoms with Crippen molar-refractivity contribution < 1.29 is 19.4 Å². The van der Waals surface area contributed by atoms with Crippen LogP contribution in [0.25, 0.3) is 27.9 Å². The molecule has 0 bridgehead atoms. The molecule has 0 unspecified atom stereocenters. The number of aromatic nitrogens is 4. The van der Waals surface area contributed by atoms with Gasteiger partial charge in [-0.1, -0.05) is 0 Å². The maximum absolute atomic E-state index is 12.3. The molecule has 3 aromatic heterocycles. The summed E-state index contributed by atoms with van der Waals surface area (Å²) in [5.41, 5.74) is 4.02. The number of hydrogen-bond donors (Lipinski definition) is 2. The topological polar surface area (TPSA) is 105 Å². The Morgan fingerprint density at radius 2 is 2.10 bits per heavy atom. The Morgan fingerprint density at radius 3 is 2.97 bits per heavy atom. The number of amides is 1. The van der Waals surface area contributed by atoms with E-state index in [0.717, 1.165) is 27.9 Å². The van der Waals surface area contributed by atoms with Gasteiger partial charge >= 0.3 is 0 Å². The molecule has 152 valence electrons. The predicted molar refractivity (Wildman–Crippen MR) is 107 cm³/mol. The highest BCUT2D eigenvalue weighted by molar-refractivity contribution is 5.85. The summed E-state index contributed by atoms with van der Waals surface area (Å²) >= 11 is 0. The fourth-order valence-corrected chi connectivity index (χ4v) is 4.47. The van der Waals surface area contributed by atoms with E-state index in [0.29, 0.717) is 30.3 Å². The lowest BCUT2D eigenvalue weighted by molar-refractivity contribution is -0.130. The van der Waals surface area contributed by atoms with Crippen molar-refractivity contribution in [3.63, 3.8) is 0 Å². The first-order chi connectivity index (χ1) is 14.6. The molecular weight excluding hydrogens is 386 g/mol. The molecule has 1 aromatic carbocycles. The van der Waals surface area contributed by atoms with Crippen molar-refractivity contribution in [1.82, 2.24) is 24.3 Å². The highest BCUT2D eigenvalue weighted by Gasteiger charge is 2.37. The number of β-amino-alcohol motifs (C(OH)–C–C–N with tert-alkyl or cyclic N) is 1. The third-order valence-electron chi connectivity index (χ3n) is 5.83. The number of rotatable bonds is 2. The summed E-state index contributed by atoms with van der Waals surface area (Å²) in [6, 6.07) is 7.32. The normalized spacial score (nSPS) is 20.5. The molecule has 4 aromatic rings. The molecule has 6 rings (SSSR count). The number of carbonyl (C=O) groups is 1. The first-order valence-electron chi connectivity index (χ1n) is 9.80. The maximum Gasteiger partial charge on any atom is 0.231 e. The molecule has 0 saturated carbocycles. The van der Waals surface area contributed by atoms with Gasteiger partial charge in [0.2, 0.25) is 12.7 Å². The molecule has 0 radical (unpaired) electrons. The van der Waals surface area contributed by atoms with Gasteiger partial charge in [0.05, 0.1) is 35.1 Å². The minimum absolute atomic E-state index is 0.0858. The molecule has 1 fully saturated rings. The van der Waals surface area contributed by atoms with Crippen LogP contribution in [0.15, 0.2) is 36.7 Å². The lowest BCUT2D eigenvalue weighted by atomic mass is 10.1. The average molecular weight is 405 g/mol. The molecule has 9 nitrogen and oxygen atoms in total. The van der Waals surface area contributed by atoms with Crippen molar-refractivity contribution in [2.24, 2.45) is 0 Å². The van der Waals surface area contributed by atoms with Crippen LogP contribution < -0.4 is 9.47 Å². The van der Waals surface area contributed by atoms with Crippen LogP contribution in [-0.4, -0.2) is 54.7 Å². The number of carbonyl (C=O) groups excluding carboxylic acids is 1. The van der Waals surface area contributed by atoms with Crippen LogP contribution in [0.3, 0.4) is 0 Å². The average Bonchev–Trinajstić information content (AvgIpc) is 3.50. The Kier molecular flexibility index (Phi) is 3.57. The Hall–Kier alpha value is -3.59. The summed E-state index contributed by atoms with van der Waals surface area (Å²) < 4.78 is 13.0. The number of aromatic amines is 1. The van der Waals surface area contributed by atoms with Gasteiger partial charge in [-0.15, -0.1) is 0 Å². The number of fused-ring (bicyclic) bond motifs is 4. The van der Waals surface area contributed by atoms with Gasteiger partial charge in [0.15, 0.2) is 17.1 Å². The number of benzene rings is 1. The number of ether oxygens (including phenoxy) is 2. The van der Waals surface area contributed by atoms with Crippen molar-refractivity contribution in [3.05, 3.63) is 42.5 Å². The van der Waals surface area contributed by atoms with Crippen LogP contribution in [0.5, 0.6) is 11.5 Å². The quantitative estimate of drug-likeness (QED) is 0.530. The molecule has 30 heavy (non-hydrogen) atoms. The predicted octanol–water partition coefficient (Wildman–Crippen LogP) is 2.26. The molecular formula is C21H19N5O4. The molecule has 1 amide bonds. The zero-order chi connectivity index (χ0) is 20.4. The van der Waals surface area contributed by atoms with E-state index in [2.05, 4.69) is 9.97 Å². The maximum atomic E-state index is 12.3. The van der Waals surface area contributed by atoms with E-state index in [1.54, 1.807) is 11.1 Å². The van der Waals surface area contributed by atoms with E-state index in [4.69, 9.17) is 14.5 Å². The summed E-state index contributed by atoms with van der Waals surface area (Å²) in [4.78, 5) is 26.6. The molecule has 2 aliphatic heterocycles. The van der Waals surface area contributed by atoms with E-state index < -0.39 is 6.10 Å². The zero-order valence-electron chi connectivity index (χ0n) is 16.2. The molecule has 9 heteroatoms. The third kappa shape index (κ3) is 2.42. The van der Waals surface area contributed by atoms with E-state index in [1.807, 2.05) is 34.9 Å². The number of imidazole rings is 1. The first kappa shape index (κ1) is 17.3. The largest absolute Gasteiger partial charge is 0.454 e. The number of aliphatic hydroxyl groups is 1. The Balaban J connectivity index is 1.61. The van der Waals surface area contributed by atoms with Crippen molar-refractivity contribution in [3.8, 4) is 22.8 Å². The fraction of sp³-hybridized carbons (Fsp3) is 0.286. The third-order valence-corrected chi connectivity index (χ3v) is 5.83. The lowest BCUT2D eigenvalue weighted by Crippen LogP contribution is -2.30. The van der Waals surface area contributed by atoms with Gasteiger partial charge in [-0.3, -0.25) is 9.20 Å². The molecule has 0 aliphatic carbocycles. The van der Waals surface area contributed by atoms with E-state index >= 15 is 0 Å². The van der Waals surface area contributed by atoms with Gasteiger partial charge in [-0.2, -0.15) is 0 Å². The molecule has 5 heterocycles. The number of aliphatic hydroxyl groups excluding tert-OH is 1. The number of nitrogens with zero attached hydrogens (tertiary/aromatic N) is 4. The minimum atomic E-state index is -0.580. The van der Waals surface area contributed by atoms with Crippen molar-refractivity contribution in [1.29, 1.82) is 0 Å². The summed E-state index contributed by atoms with van der Waals surface area (Å²) in [5, 5.41) is 10.3. The van der Waals surface area contributed by atoms with Gasteiger partial charge in [0.25, 0.3) is 0 Å². The van der Waals surface area contributed by atoms with Crippen molar-refractivity contribution >= 4 is 22.6 Å². The minimum Gasteiger partial charge on any atom is -0.454 e. The Morgan fingerprint density at radius 1 is 1.23 bits per heavy atom. The Bertz CT molecular complexity index is 1310. The molecule has 1 saturated heterocycles. The van der Waals surface area contributed by atoms with Gasteiger partial charge in [0, 0.05) is 31.6 Å². The monoisotopic (exact) mass is 405 g/mol. The second-order valence-electron chi connectivity index (χ2n) is 7.65. The van der Waals surface area contributed by atoms with E-state index in [-0.39, 0.29) is 18.7 Å². The number of H-pyrrole nitrogens is 1. The second kappa shape index (κ2) is 6.20. The molecule has 0 spiro atoms.